The van der Waals surface area contributed by atoms with Crippen molar-refractivity contribution < 1.29 is 4.79 Å². The predicted molar refractivity (Wildman–Crippen MR) is 87.8 cm³/mol. The third-order valence-corrected chi connectivity index (χ3v) is 5.89. The lowest BCUT2D eigenvalue weighted by atomic mass is 9.80. The Morgan fingerprint density at radius 1 is 1.19 bits per heavy atom. The molecule has 3 nitrogen and oxygen atoms in total. The second kappa shape index (κ2) is 6.28. The number of carbonyl (C=O) groups excluding carboxylic acids is 1. The number of hydrogen-bond donors (Lipinski definition) is 1. The van der Waals surface area contributed by atoms with Crippen LogP contribution in [0.2, 0.25) is 0 Å². The van der Waals surface area contributed by atoms with E-state index in [0.29, 0.717) is 23.7 Å². The lowest BCUT2D eigenvalue weighted by Gasteiger charge is -2.38. The maximum atomic E-state index is 12.9. The van der Waals surface area contributed by atoms with Crippen molar-refractivity contribution in [1.29, 1.82) is 0 Å². The van der Waals surface area contributed by atoms with Crippen molar-refractivity contribution >= 4 is 5.91 Å². The summed E-state index contributed by atoms with van der Waals surface area (Å²) < 4.78 is 0. The van der Waals surface area contributed by atoms with E-state index in [1.807, 2.05) is 0 Å². The molecule has 1 heterocycles. The average Bonchev–Trinajstić information content (AvgIpc) is 2.98. The Kier molecular flexibility index (Phi) is 5.02. The lowest BCUT2D eigenvalue weighted by Crippen LogP contribution is -2.47. The first-order valence-corrected chi connectivity index (χ1v) is 8.80. The number of nitrogens with one attached hydrogen (secondary N) is 1. The second-order valence-corrected chi connectivity index (χ2v) is 8.49. The molecule has 0 aromatic carbocycles. The molecule has 0 radical (unpaired) electrons. The van der Waals surface area contributed by atoms with Crippen LogP contribution in [0.5, 0.6) is 0 Å². The molecule has 3 heteroatoms. The Morgan fingerprint density at radius 3 is 2.24 bits per heavy atom. The SMILES string of the molecule is CC(C)C1NC(C2CCCC2)N(CC(C)(C)C(C)C)C1=O. The Labute approximate surface area is 130 Å². The van der Waals surface area contributed by atoms with Crippen LogP contribution in [0.3, 0.4) is 0 Å². The van der Waals surface area contributed by atoms with Gasteiger partial charge in [0.2, 0.25) is 5.91 Å². The van der Waals surface area contributed by atoms with Crippen LogP contribution in [0.25, 0.3) is 0 Å². The van der Waals surface area contributed by atoms with E-state index in [1.165, 1.54) is 25.7 Å². The zero-order valence-electron chi connectivity index (χ0n) is 14.8. The van der Waals surface area contributed by atoms with E-state index in [1.54, 1.807) is 0 Å². The van der Waals surface area contributed by atoms with Crippen molar-refractivity contribution in [3.63, 3.8) is 0 Å². The van der Waals surface area contributed by atoms with Crippen LogP contribution in [0.15, 0.2) is 0 Å². The molecule has 1 saturated heterocycles. The summed E-state index contributed by atoms with van der Waals surface area (Å²) in [6.07, 6.45) is 5.46. The molecule has 0 spiro atoms. The van der Waals surface area contributed by atoms with Crippen molar-refractivity contribution in [2.75, 3.05) is 6.54 Å². The second-order valence-electron chi connectivity index (χ2n) is 8.49. The summed E-state index contributed by atoms with van der Waals surface area (Å²) in [5.41, 5.74) is 0.167. The average molecular weight is 294 g/mol. The van der Waals surface area contributed by atoms with E-state index in [4.69, 9.17) is 0 Å². The summed E-state index contributed by atoms with van der Waals surface area (Å²) in [7, 11) is 0. The Balaban J connectivity index is 2.18. The van der Waals surface area contributed by atoms with E-state index in [-0.39, 0.29) is 17.6 Å². The number of hydrogen-bond acceptors (Lipinski definition) is 2. The van der Waals surface area contributed by atoms with Gasteiger partial charge in [0.15, 0.2) is 0 Å². The number of carbonyl (C=O) groups is 1. The standard InChI is InChI=1S/C18H34N2O/c1-12(2)15-17(21)20(11-18(5,6)13(3)4)16(19-15)14-9-7-8-10-14/h12-16,19H,7-11H2,1-6H3. The molecular weight excluding hydrogens is 260 g/mol. The van der Waals surface area contributed by atoms with Gasteiger partial charge in [-0.2, -0.15) is 0 Å². The molecule has 2 fully saturated rings. The summed E-state index contributed by atoms with van der Waals surface area (Å²) >= 11 is 0. The minimum atomic E-state index is 0.0126. The van der Waals surface area contributed by atoms with Gasteiger partial charge in [0.05, 0.1) is 12.2 Å². The van der Waals surface area contributed by atoms with Gasteiger partial charge >= 0.3 is 0 Å². The van der Waals surface area contributed by atoms with Gasteiger partial charge < -0.3 is 4.90 Å². The van der Waals surface area contributed by atoms with E-state index >= 15 is 0 Å². The molecule has 1 amide bonds. The van der Waals surface area contributed by atoms with Gasteiger partial charge in [0, 0.05) is 6.54 Å². The topological polar surface area (TPSA) is 32.3 Å². The third kappa shape index (κ3) is 3.44. The van der Waals surface area contributed by atoms with Crippen LogP contribution >= 0.6 is 0 Å². The molecule has 122 valence electrons. The lowest BCUT2D eigenvalue weighted by molar-refractivity contribution is -0.133. The molecule has 21 heavy (non-hydrogen) atoms. The quantitative estimate of drug-likeness (QED) is 0.839. The van der Waals surface area contributed by atoms with E-state index in [2.05, 4.69) is 51.8 Å². The van der Waals surface area contributed by atoms with Gasteiger partial charge in [0.25, 0.3) is 0 Å². The van der Waals surface area contributed by atoms with Gasteiger partial charge in [-0.3, -0.25) is 10.1 Å². The fraction of sp³-hybridized carbons (Fsp3) is 0.944. The highest BCUT2D eigenvalue weighted by Gasteiger charge is 2.45. The first-order valence-electron chi connectivity index (χ1n) is 8.80. The summed E-state index contributed by atoms with van der Waals surface area (Å²) in [6.45, 7) is 14.3. The minimum Gasteiger partial charge on any atom is -0.325 e. The predicted octanol–water partition coefficient (Wildman–Crippen LogP) is 3.64. The summed E-state index contributed by atoms with van der Waals surface area (Å²) in [4.78, 5) is 15.1. The number of amides is 1. The van der Waals surface area contributed by atoms with E-state index in [9.17, 15) is 4.79 Å². The molecule has 0 aromatic heterocycles. The van der Waals surface area contributed by atoms with Crippen molar-refractivity contribution in [3.8, 4) is 0 Å². The smallest absolute Gasteiger partial charge is 0.241 e. The minimum absolute atomic E-state index is 0.0126. The fourth-order valence-electron chi connectivity index (χ4n) is 3.60. The van der Waals surface area contributed by atoms with Crippen LogP contribution in [-0.4, -0.2) is 29.6 Å². The van der Waals surface area contributed by atoms with Crippen LogP contribution in [0, 0.1) is 23.2 Å². The maximum Gasteiger partial charge on any atom is 0.241 e. The molecule has 2 aliphatic rings. The number of nitrogens with zero attached hydrogens (tertiary/aromatic N) is 1. The highest BCUT2D eigenvalue weighted by molar-refractivity contribution is 5.84. The first kappa shape index (κ1) is 16.8. The molecule has 1 N–H and O–H groups in total. The highest BCUT2D eigenvalue weighted by Crippen LogP contribution is 2.36. The summed E-state index contributed by atoms with van der Waals surface area (Å²) in [6, 6.07) is 0.0126. The highest BCUT2D eigenvalue weighted by atomic mass is 16.2. The van der Waals surface area contributed by atoms with Crippen LogP contribution < -0.4 is 5.32 Å². The van der Waals surface area contributed by atoms with Crippen LogP contribution in [0.1, 0.15) is 67.2 Å². The summed E-state index contributed by atoms with van der Waals surface area (Å²) in [5.74, 6) is 1.93. The van der Waals surface area contributed by atoms with Gasteiger partial charge in [-0.1, -0.05) is 54.4 Å². The Morgan fingerprint density at radius 2 is 1.76 bits per heavy atom. The van der Waals surface area contributed by atoms with Gasteiger partial charge in [-0.25, -0.2) is 0 Å². The van der Waals surface area contributed by atoms with Crippen LogP contribution in [-0.2, 0) is 4.79 Å². The van der Waals surface area contributed by atoms with E-state index in [0.717, 1.165) is 6.54 Å². The largest absolute Gasteiger partial charge is 0.325 e. The molecule has 1 saturated carbocycles. The molecule has 0 aromatic rings. The van der Waals surface area contributed by atoms with Crippen molar-refractivity contribution in [2.24, 2.45) is 23.2 Å². The summed E-state index contributed by atoms with van der Waals surface area (Å²) in [5, 5.41) is 3.67. The fourth-order valence-corrected chi connectivity index (χ4v) is 3.60. The van der Waals surface area contributed by atoms with Gasteiger partial charge in [-0.05, 0) is 36.0 Å². The van der Waals surface area contributed by atoms with Gasteiger partial charge in [0.1, 0.15) is 0 Å². The van der Waals surface area contributed by atoms with Crippen molar-refractivity contribution in [2.45, 2.75) is 79.4 Å². The Bertz CT molecular complexity index is 369. The zero-order chi connectivity index (χ0) is 15.8. The normalized spacial score (nSPS) is 28.4. The Hall–Kier alpha value is -0.570. The van der Waals surface area contributed by atoms with Crippen LogP contribution in [0.4, 0.5) is 0 Å². The molecule has 2 atom stereocenters. The molecule has 0 bridgehead atoms. The van der Waals surface area contributed by atoms with Crippen molar-refractivity contribution in [1.82, 2.24) is 10.2 Å². The van der Waals surface area contributed by atoms with Crippen molar-refractivity contribution in [3.05, 3.63) is 0 Å². The molecule has 2 rings (SSSR count). The molecule has 1 aliphatic carbocycles. The maximum absolute atomic E-state index is 12.9. The third-order valence-electron chi connectivity index (χ3n) is 5.89. The monoisotopic (exact) mass is 294 g/mol. The van der Waals surface area contributed by atoms with E-state index < -0.39 is 0 Å². The first-order chi connectivity index (χ1) is 9.74. The molecular formula is C18H34N2O. The molecule has 2 unspecified atom stereocenters. The molecule has 1 aliphatic heterocycles. The van der Waals surface area contributed by atoms with Gasteiger partial charge in [-0.15, -0.1) is 0 Å². The number of rotatable bonds is 5. The zero-order valence-corrected chi connectivity index (χ0v) is 14.8.